The number of hydrogen-bond acceptors (Lipinski definition) is 3. The van der Waals surface area contributed by atoms with E-state index in [-0.39, 0.29) is 0 Å². The van der Waals surface area contributed by atoms with Crippen LogP contribution in [0.4, 0.5) is 5.69 Å². The summed E-state index contributed by atoms with van der Waals surface area (Å²) in [6.45, 7) is 0. The van der Waals surface area contributed by atoms with Gasteiger partial charge in [-0.05, 0) is 11.4 Å². The number of rotatable bonds is 1. The highest BCUT2D eigenvalue weighted by molar-refractivity contribution is 7.08. The van der Waals surface area contributed by atoms with Gasteiger partial charge in [-0.3, -0.25) is 0 Å². The maximum absolute atomic E-state index is 9.59. The molecule has 0 radical (unpaired) electrons. The molecule has 1 rings (SSSR count). The van der Waals surface area contributed by atoms with Crippen molar-refractivity contribution in [1.82, 2.24) is 0 Å². The molecule has 0 unspecified atom stereocenters. The lowest BCUT2D eigenvalue weighted by atomic mass is 10.6. The van der Waals surface area contributed by atoms with E-state index in [2.05, 4.69) is 4.99 Å². The Morgan fingerprint density at radius 3 is 3.12 bits per heavy atom. The van der Waals surface area contributed by atoms with Crippen molar-refractivity contribution in [2.45, 2.75) is 0 Å². The van der Waals surface area contributed by atoms with Crippen LogP contribution >= 0.6 is 11.3 Å². The van der Waals surface area contributed by atoms with Crippen molar-refractivity contribution >= 4 is 23.1 Å². The van der Waals surface area contributed by atoms with E-state index < -0.39 is 0 Å². The smallest absolute Gasteiger partial charge is 0.211 e. The van der Waals surface area contributed by atoms with Gasteiger partial charge in [-0.1, -0.05) is 0 Å². The zero-order chi connectivity index (χ0) is 5.82. The maximum atomic E-state index is 9.59. The molecule has 8 heavy (non-hydrogen) atoms. The Morgan fingerprint density at radius 1 is 1.75 bits per heavy atom. The molecule has 0 fully saturated rings. The van der Waals surface area contributed by atoms with Crippen LogP contribution in [0.3, 0.4) is 0 Å². The van der Waals surface area contributed by atoms with Gasteiger partial charge in [-0.25, -0.2) is 4.79 Å². The fourth-order valence-corrected chi connectivity index (χ4v) is 0.941. The molecule has 3 heteroatoms. The average molecular weight is 125 g/mol. The maximum Gasteiger partial charge on any atom is 0.240 e. The first-order valence-corrected chi connectivity index (χ1v) is 2.98. The van der Waals surface area contributed by atoms with E-state index in [0.29, 0.717) is 5.69 Å². The summed E-state index contributed by atoms with van der Waals surface area (Å²) in [4.78, 5) is 13.0. The molecule has 0 amide bonds. The van der Waals surface area contributed by atoms with Gasteiger partial charge in [-0.15, -0.1) is 0 Å². The van der Waals surface area contributed by atoms with E-state index in [1.807, 2.05) is 5.38 Å². The lowest BCUT2D eigenvalue weighted by molar-refractivity contribution is 0.565. The monoisotopic (exact) mass is 125 g/mol. The van der Waals surface area contributed by atoms with Crippen LogP contribution in [0.5, 0.6) is 0 Å². The fraction of sp³-hybridized carbons (Fsp3) is 0. The minimum Gasteiger partial charge on any atom is -0.211 e. The summed E-state index contributed by atoms with van der Waals surface area (Å²) in [5.74, 6) is 0. The summed E-state index contributed by atoms with van der Waals surface area (Å²) in [6.07, 6.45) is 1.45. The van der Waals surface area contributed by atoms with E-state index in [1.165, 1.54) is 17.4 Å². The molecule has 1 aromatic rings. The van der Waals surface area contributed by atoms with Gasteiger partial charge in [0.25, 0.3) is 0 Å². The van der Waals surface area contributed by atoms with E-state index in [1.54, 1.807) is 11.4 Å². The first-order chi connectivity index (χ1) is 3.93. The summed E-state index contributed by atoms with van der Waals surface area (Å²) in [6, 6.07) is 1.76. The summed E-state index contributed by atoms with van der Waals surface area (Å²) < 4.78 is 0. The van der Waals surface area contributed by atoms with Gasteiger partial charge in [0.05, 0.1) is 5.69 Å². The van der Waals surface area contributed by atoms with E-state index >= 15 is 0 Å². The van der Waals surface area contributed by atoms with Crippen LogP contribution < -0.4 is 0 Å². The van der Waals surface area contributed by atoms with Crippen molar-refractivity contribution < 1.29 is 4.79 Å². The minimum absolute atomic E-state index is 0.685. The quantitative estimate of drug-likeness (QED) is 0.415. The molecule has 1 aromatic heterocycles. The predicted molar refractivity (Wildman–Crippen MR) is 32.1 cm³/mol. The van der Waals surface area contributed by atoms with Crippen molar-refractivity contribution in [3.05, 3.63) is 16.8 Å². The first-order valence-electron chi connectivity index (χ1n) is 2.03. The molecule has 0 aliphatic heterocycles. The highest BCUT2D eigenvalue weighted by atomic mass is 32.1. The van der Waals surface area contributed by atoms with Crippen molar-refractivity contribution in [2.75, 3.05) is 0 Å². The summed E-state index contributed by atoms with van der Waals surface area (Å²) in [7, 11) is 0. The van der Waals surface area contributed by atoms with Gasteiger partial charge in [0.15, 0.2) is 0 Å². The number of nitrogens with zero attached hydrogens (tertiary/aromatic N) is 1. The fourth-order valence-electron chi connectivity index (χ4n) is 0.374. The van der Waals surface area contributed by atoms with Crippen molar-refractivity contribution in [3.8, 4) is 0 Å². The standard InChI is InChI=1S/C5H3NOS/c7-4-6-5-1-2-8-3-5/h1-3H. The Bertz CT molecular complexity index is 198. The van der Waals surface area contributed by atoms with Gasteiger partial charge < -0.3 is 0 Å². The Morgan fingerprint density at radius 2 is 2.62 bits per heavy atom. The number of aliphatic imine (C=N–C) groups is 1. The van der Waals surface area contributed by atoms with Crippen LogP contribution in [0.15, 0.2) is 21.8 Å². The topological polar surface area (TPSA) is 29.4 Å². The molecule has 0 aromatic carbocycles. The number of hydrogen-bond donors (Lipinski definition) is 0. The third-order valence-electron chi connectivity index (χ3n) is 0.681. The Balaban J connectivity index is 2.93. The van der Waals surface area contributed by atoms with Gasteiger partial charge in [0, 0.05) is 5.38 Å². The summed E-state index contributed by atoms with van der Waals surface area (Å²) >= 11 is 1.51. The molecule has 40 valence electrons. The second-order valence-electron chi connectivity index (χ2n) is 1.18. The zero-order valence-electron chi connectivity index (χ0n) is 4.00. The third-order valence-corrected chi connectivity index (χ3v) is 1.35. The number of carbonyl (C=O) groups excluding carboxylic acids is 1. The summed E-state index contributed by atoms with van der Waals surface area (Å²) in [5.41, 5.74) is 0.685. The Labute approximate surface area is 50.5 Å². The molecule has 0 bridgehead atoms. The van der Waals surface area contributed by atoms with Crippen LogP contribution in [0, 0.1) is 0 Å². The predicted octanol–water partition coefficient (Wildman–Crippen LogP) is 1.72. The van der Waals surface area contributed by atoms with Crippen LogP contribution in [0.2, 0.25) is 0 Å². The second kappa shape index (κ2) is 2.40. The Kier molecular flexibility index (Phi) is 1.57. The van der Waals surface area contributed by atoms with Crippen LogP contribution in [-0.4, -0.2) is 6.08 Å². The molecule has 0 aliphatic carbocycles. The van der Waals surface area contributed by atoms with Crippen LogP contribution in [0.25, 0.3) is 0 Å². The van der Waals surface area contributed by atoms with E-state index in [9.17, 15) is 4.79 Å². The number of isocyanates is 1. The highest BCUT2D eigenvalue weighted by Crippen LogP contribution is 2.13. The van der Waals surface area contributed by atoms with E-state index in [4.69, 9.17) is 0 Å². The SMILES string of the molecule is O=C=Nc1ccsc1. The van der Waals surface area contributed by atoms with Gasteiger partial charge in [0.1, 0.15) is 0 Å². The van der Waals surface area contributed by atoms with Gasteiger partial charge >= 0.3 is 0 Å². The largest absolute Gasteiger partial charge is 0.240 e. The summed E-state index contributed by atoms with van der Waals surface area (Å²) in [5, 5.41) is 3.64. The minimum atomic E-state index is 0.685. The molecular weight excluding hydrogens is 122 g/mol. The average Bonchev–Trinajstić information content (AvgIpc) is 2.19. The zero-order valence-corrected chi connectivity index (χ0v) is 4.81. The lowest BCUT2D eigenvalue weighted by Gasteiger charge is -1.69. The molecule has 0 spiro atoms. The molecule has 0 saturated heterocycles. The molecular formula is C5H3NOS. The normalized spacial score (nSPS) is 8.00. The molecule has 0 atom stereocenters. The Hall–Kier alpha value is -0.920. The molecule has 0 aliphatic rings. The molecule has 0 saturated carbocycles. The molecule has 0 N–H and O–H groups in total. The second-order valence-corrected chi connectivity index (χ2v) is 1.96. The molecule has 1 heterocycles. The van der Waals surface area contributed by atoms with Crippen molar-refractivity contribution in [2.24, 2.45) is 4.99 Å². The van der Waals surface area contributed by atoms with Crippen LogP contribution in [-0.2, 0) is 4.79 Å². The molecule has 2 nitrogen and oxygen atoms in total. The third kappa shape index (κ3) is 1.03. The van der Waals surface area contributed by atoms with Gasteiger partial charge in [-0.2, -0.15) is 16.3 Å². The number of thiophene rings is 1. The van der Waals surface area contributed by atoms with E-state index in [0.717, 1.165) is 0 Å². The highest BCUT2D eigenvalue weighted by Gasteiger charge is 1.82. The van der Waals surface area contributed by atoms with Crippen molar-refractivity contribution in [3.63, 3.8) is 0 Å². The van der Waals surface area contributed by atoms with Gasteiger partial charge in [0.2, 0.25) is 6.08 Å². The lowest BCUT2D eigenvalue weighted by Crippen LogP contribution is -1.47. The first kappa shape index (κ1) is 5.22. The van der Waals surface area contributed by atoms with Crippen molar-refractivity contribution in [1.29, 1.82) is 0 Å². The van der Waals surface area contributed by atoms with Crippen LogP contribution in [0.1, 0.15) is 0 Å².